The molecule has 2 aromatic rings. The van der Waals surface area contributed by atoms with E-state index in [4.69, 9.17) is 10.00 Å². The molecule has 0 radical (unpaired) electrons. The maximum atomic E-state index is 12.3. The molecule has 8 nitrogen and oxygen atoms in total. The first-order valence-corrected chi connectivity index (χ1v) is 10.4. The molecule has 5 heterocycles. The molecule has 1 N–H and O–H groups in total. The molecule has 1 spiro atoms. The van der Waals surface area contributed by atoms with Gasteiger partial charge in [0.1, 0.15) is 17.6 Å². The molecule has 8 heteroatoms. The molecule has 3 aliphatic heterocycles. The molecule has 0 aliphatic carbocycles. The average molecular weight is 404 g/mol. The third kappa shape index (κ3) is 3.46. The van der Waals surface area contributed by atoms with Crippen LogP contribution in [0.5, 0.6) is 0 Å². The van der Waals surface area contributed by atoms with E-state index in [2.05, 4.69) is 32.3 Å². The van der Waals surface area contributed by atoms with Gasteiger partial charge in [-0.05, 0) is 37.5 Å². The Balaban J connectivity index is 1.26. The molecule has 154 valence electrons. The summed E-state index contributed by atoms with van der Waals surface area (Å²) in [6.45, 7) is 4.36. The molecule has 0 aromatic carbocycles. The van der Waals surface area contributed by atoms with E-state index in [1.807, 2.05) is 18.3 Å². The first-order valence-electron chi connectivity index (χ1n) is 10.4. The van der Waals surface area contributed by atoms with Crippen LogP contribution >= 0.6 is 0 Å². The van der Waals surface area contributed by atoms with Crippen LogP contribution in [0.4, 0.5) is 23.0 Å². The van der Waals surface area contributed by atoms with Crippen molar-refractivity contribution in [2.45, 2.75) is 19.3 Å². The van der Waals surface area contributed by atoms with Crippen molar-refractivity contribution in [3.63, 3.8) is 0 Å². The first-order chi connectivity index (χ1) is 14.7. The first kappa shape index (κ1) is 18.8. The van der Waals surface area contributed by atoms with Crippen LogP contribution in [-0.2, 0) is 9.53 Å². The number of carbonyl (C=O) groups excluding carboxylic acids is 1. The van der Waals surface area contributed by atoms with Gasteiger partial charge in [0.2, 0.25) is 5.91 Å². The normalized spacial score (nSPS) is 22.6. The minimum absolute atomic E-state index is 0.145. The van der Waals surface area contributed by atoms with Crippen molar-refractivity contribution in [1.82, 2.24) is 9.97 Å². The SMILES string of the molecule is N#C[C@H]1CCN(c2ccnc(Nc3ccc(N4CCCC5(COC5)C4)cn3)c2)C1=O. The van der Waals surface area contributed by atoms with Crippen LogP contribution in [0.15, 0.2) is 36.7 Å². The van der Waals surface area contributed by atoms with E-state index in [1.165, 1.54) is 12.8 Å². The number of piperidine rings is 1. The number of nitrogens with zero attached hydrogens (tertiary/aromatic N) is 5. The highest BCUT2D eigenvalue weighted by molar-refractivity contribution is 5.98. The minimum Gasteiger partial charge on any atom is -0.380 e. The molecule has 2 aromatic heterocycles. The number of ether oxygens (including phenoxy) is 1. The molecule has 5 rings (SSSR count). The molecular weight excluding hydrogens is 380 g/mol. The molecular formula is C22H24N6O2. The molecule has 3 fully saturated rings. The van der Waals surface area contributed by atoms with Crippen molar-refractivity contribution < 1.29 is 9.53 Å². The van der Waals surface area contributed by atoms with E-state index in [-0.39, 0.29) is 5.91 Å². The zero-order chi connectivity index (χ0) is 20.6. The maximum Gasteiger partial charge on any atom is 0.244 e. The predicted octanol–water partition coefficient (Wildman–Crippen LogP) is 2.71. The topological polar surface area (TPSA) is 94.4 Å². The van der Waals surface area contributed by atoms with Crippen LogP contribution in [0.3, 0.4) is 0 Å². The summed E-state index contributed by atoms with van der Waals surface area (Å²) in [4.78, 5) is 25.2. The zero-order valence-electron chi connectivity index (χ0n) is 16.8. The molecule has 1 amide bonds. The van der Waals surface area contributed by atoms with Crippen LogP contribution in [0, 0.1) is 22.7 Å². The summed E-state index contributed by atoms with van der Waals surface area (Å²) in [5.41, 5.74) is 2.20. The second-order valence-corrected chi connectivity index (χ2v) is 8.40. The van der Waals surface area contributed by atoms with Gasteiger partial charge in [-0.2, -0.15) is 5.26 Å². The average Bonchev–Trinajstić information content (AvgIpc) is 3.14. The number of hydrogen-bond acceptors (Lipinski definition) is 7. The standard InChI is InChI=1S/C22H24N6O2/c23-11-16-5-9-28(21(16)29)17-4-7-24-20(10-17)26-19-3-2-18(12-25-19)27-8-1-6-22(13-27)14-30-15-22/h2-4,7,10,12,16H,1,5-6,8-9,13-15H2,(H,24,25,26)/t16-/m1/s1. The van der Waals surface area contributed by atoms with Crippen molar-refractivity contribution in [2.24, 2.45) is 11.3 Å². The van der Waals surface area contributed by atoms with E-state index in [0.717, 1.165) is 37.7 Å². The number of anilines is 4. The van der Waals surface area contributed by atoms with Crippen LogP contribution < -0.4 is 15.1 Å². The number of rotatable bonds is 4. The summed E-state index contributed by atoms with van der Waals surface area (Å²) in [6.07, 6.45) is 6.54. The van der Waals surface area contributed by atoms with Gasteiger partial charge in [0, 0.05) is 43.0 Å². The quantitative estimate of drug-likeness (QED) is 0.837. The monoisotopic (exact) mass is 404 g/mol. The van der Waals surface area contributed by atoms with Gasteiger partial charge in [0.25, 0.3) is 0 Å². The van der Waals surface area contributed by atoms with Gasteiger partial charge in [-0.25, -0.2) is 9.97 Å². The minimum atomic E-state index is -0.552. The molecule has 0 unspecified atom stereocenters. The fourth-order valence-electron chi connectivity index (χ4n) is 4.54. The smallest absolute Gasteiger partial charge is 0.244 e. The lowest BCUT2D eigenvalue weighted by molar-refractivity contribution is -0.118. The highest BCUT2D eigenvalue weighted by atomic mass is 16.5. The lowest BCUT2D eigenvalue weighted by Crippen LogP contribution is -2.54. The van der Waals surface area contributed by atoms with E-state index in [0.29, 0.717) is 30.0 Å². The van der Waals surface area contributed by atoms with Gasteiger partial charge >= 0.3 is 0 Å². The molecule has 0 saturated carbocycles. The van der Waals surface area contributed by atoms with Gasteiger partial charge in [-0.3, -0.25) is 4.79 Å². The summed E-state index contributed by atoms with van der Waals surface area (Å²) in [5, 5.41) is 12.3. The number of hydrogen-bond donors (Lipinski definition) is 1. The van der Waals surface area contributed by atoms with Crippen molar-refractivity contribution in [1.29, 1.82) is 5.26 Å². The highest BCUT2D eigenvalue weighted by Crippen LogP contribution is 2.38. The van der Waals surface area contributed by atoms with Crippen molar-refractivity contribution in [3.8, 4) is 6.07 Å². The van der Waals surface area contributed by atoms with Gasteiger partial charge in [0.05, 0.1) is 31.2 Å². The molecule has 0 bridgehead atoms. The summed E-state index contributed by atoms with van der Waals surface area (Å²) < 4.78 is 5.45. The van der Waals surface area contributed by atoms with Gasteiger partial charge in [-0.15, -0.1) is 0 Å². The summed E-state index contributed by atoms with van der Waals surface area (Å²) in [6, 6.07) is 9.71. The summed E-state index contributed by atoms with van der Waals surface area (Å²) >= 11 is 0. The number of nitriles is 1. The fraction of sp³-hybridized carbons (Fsp3) is 0.455. The largest absolute Gasteiger partial charge is 0.380 e. The second kappa shape index (κ2) is 7.58. The fourth-order valence-corrected chi connectivity index (χ4v) is 4.54. The molecule has 3 aliphatic rings. The number of amides is 1. The van der Waals surface area contributed by atoms with E-state index < -0.39 is 5.92 Å². The van der Waals surface area contributed by atoms with Crippen molar-refractivity contribution in [2.75, 3.05) is 48.0 Å². The Bertz CT molecular complexity index is 982. The number of pyridine rings is 2. The summed E-state index contributed by atoms with van der Waals surface area (Å²) in [5.74, 6) is 0.617. The number of nitrogens with one attached hydrogen (secondary N) is 1. The summed E-state index contributed by atoms with van der Waals surface area (Å²) in [7, 11) is 0. The predicted molar refractivity (Wildman–Crippen MR) is 113 cm³/mol. The van der Waals surface area contributed by atoms with Crippen molar-refractivity contribution >= 4 is 28.9 Å². The van der Waals surface area contributed by atoms with Crippen LogP contribution in [0.2, 0.25) is 0 Å². The Morgan fingerprint density at radius 1 is 1.17 bits per heavy atom. The second-order valence-electron chi connectivity index (χ2n) is 8.40. The third-order valence-electron chi connectivity index (χ3n) is 6.26. The Hall–Kier alpha value is -3.18. The van der Waals surface area contributed by atoms with Gasteiger partial charge in [-0.1, -0.05) is 0 Å². The van der Waals surface area contributed by atoms with Crippen LogP contribution in [-0.4, -0.2) is 48.7 Å². The highest BCUT2D eigenvalue weighted by Gasteiger charge is 2.42. The zero-order valence-corrected chi connectivity index (χ0v) is 16.8. The Morgan fingerprint density at radius 2 is 2.07 bits per heavy atom. The van der Waals surface area contributed by atoms with E-state index >= 15 is 0 Å². The van der Waals surface area contributed by atoms with E-state index in [9.17, 15) is 4.79 Å². The van der Waals surface area contributed by atoms with Crippen molar-refractivity contribution in [3.05, 3.63) is 36.7 Å². The Kier molecular flexibility index (Phi) is 4.75. The lowest BCUT2D eigenvalue weighted by atomic mass is 9.78. The number of aromatic nitrogens is 2. The number of carbonyl (C=O) groups is 1. The van der Waals surface area contributed by atoms with Crippen LogP contribution in [0.1, 0.15) is 19.3 Å². The Labute approximate surface area is 175 Å². The maximum absolute atomic E-state index is 12.3. The van der Waals surface area contributed by atoms with Crippen LogP contribution in [0.25, 0.3) is 0 Å². The molecule has 3 saturated heterocycles. The van der Waals surface area contributed by atoms with E-state index in [1.54, 1.807) is 17.2 Å². The Morgan fingerprint density at radius 3 is 2.77 bits per heavy atom. The molecule has 30 heavy (non-hydrogen) atoms. The lowest BCUT2D eigenvalue weighted by Gasteiger charge is -2.48. The molecule has 1 atom stereocenters. The van der Waals surface area contributed by atoms with Gasteiger partial charge < -0.3 is 19.9 Å². The third-order valence-corrected chi connectivity index (χ3v) is 6.26. The van der Waals surface area contributed by atoms with Gasteiger partial charge in [0.15, 0.2) is 0 Å².